The van der Waals surface area contributed by atoms with Crippen LogP contribution in [-0.4, -0.2) is 13.2 Å². The van der Waals surface area contributed by atoms with Crippen molar-refractivity contribution in [2.24, 2.45) is 11.7 Å². The minimum absolute atomic E-state index is 0.398. The van der Waals surface area contributed by atoms with E-state index in [0.29, 0.717) is 19.3 Å². The normalized spacial score (nSPS) is 23.3. The zero-order valence-corrected chi connectivity index (χ0v) is 12.0. The van der Waals surface area contributed by atoms with Gasteiger partial charge in [-0.25, -0.2) is 0 Å². The van der Waals surface area contributed by atoms with Gasteiger partial charge in [-0.05, 0) is 36.5 Å². The molecule has 0 amide bonds. The Morgan fingerprint density at radius 3 is 2.84 bits per heavy atom. The smallest absolute Gasteiger partial charge is 0.124 e. The maximum absolute atomic E-state index is 6.06. The average Bonchev–Trinajstić information content (AvgIpc) is 2.45. The van der Waals surface area contributed by atoms with Gasteiger partial charge >= 0.3 is 0 Å². The molecule has 19 heavy (non-hydrogen) atoms. The molecule has 1 aromatic rings. The molecule has 0 aromatic heterocycles. The first-order valence-electron chi connectivity index (χ1n) is 7.20. The quantitative estimate of drug-likeness (QED) is 0.887. The Labute approximate surface area is 116 Å². The molecule has 1 aliphatic carbocycles. The number of methoxy groups -OCH3 is 1. The number of hydrogen-bond donors (Lipinski definition) is 1. The summed E-state index contributed by atoms with van der Waals surface area (Å²) in [7, 11) is 1.70. The minimum Gasteiger partial charge on any atom is -0.496 e. The topological polar surface area (TPSA) is 44.5 Å². The molecule has 2 rings (SSSR count). The van der Waals surface area contributed by atoms with E-state index in [4.69, 9.17) is 15.2 Å². The molecule has 106 valence electrons. The van der Waals surface area contributed by atoms with Crippen LogP contribution in [0.3, 0.4) is 0 Å². The van der Waals surface area contributed by atoms with Gasteiger partial charge < -0.3 is 15.2 Å². The number of hydrogen-bond acceptors (Lipinski definition) is 3. The van der Waals surface area contributed by atoms with E-state index in [1.54, 1.807) is 7.11 Å². The summed E-state index contributed by atoms with van der Waals surface area (Å²) in [4.78, 5) is 0. The third-order valence-corrected chi connectivity index (χ3v) is 3.94. The molecular formula is C16H25NO2. The summed E-state index contributed by atoms with van der Waals surface area (Å²) in [6, 6.07) is 6.07. The van der Waals surface area contributed by atoms with E-state index >= 15 is 0 Å². The van der Waals surface area contributed by atoms with Crippen LogP contribution >= 0.6 is 0 Å². The SMILES string of the molecule is COc1ccc(CN)cc1COC1CCCC(C)C1. The summed E-state index contributed by atoms with van der Waals surface area (Å²) in [6.07, 6.45) is 5.38. The van der Waals surface area contributed by atoms with Crippen LogP contribution in [0.2, 0.25) is 0 Å². The van der Waals surface area contributed by atoms with Gasteiger partial charge in [0.2, 0.25) is 0 Å². The van der Waals surface area contributed by atoms with Crippen molar-refractivity contribution >= 4 is 0 Å². The van der Waals surface area contributed by atoms with Crippen molar-refractivity contribution in [3.63, 3.8) is 0 Å². The zero-order chi connectivity index (χ0) is 13.7. The van der Waals surface area contributed by atoms with Crippen molar-refractivity contribution in [3.05, 3.63) is 29.3 Å². The van der Waals surface area contributed by atoms with Crippen LogP contribution in [0.1, 0.15) is 43.7 Å². The summed E-state index contributed by atoms with van der Waals surface area (Å²) >= 11 is 0. The highest BCUT2D eigenvalue weighted by Crippen LogP contribution is 2.28. The molecule has 1 saturated carbocycles. The van der Waals surface area contributed by atoms with E-state index in [0.717, 1.165) is 22.8 Å². The predicted octanol–water partition coefficient (Wildman–Crippen LogP) is 3.25. The summed E-state index contributed by atoms with van der Waals surface area (Å²) < 4.78 is 11.4. The van der Waals surface area contributed by atoms with Gasteiger partial charge in [0.25, 0.3) is 0 Å². The van der Waals surface area contributed by atoms with Crippen molar-refractivity contribution in [1.29, 1.82) is 0 Å². The number of nitrogens with two attached hydrogens (primary N) is 1. The van der Waals surface area contributed by atoms with E-state index in [9.17, 15) is 0 Å². The lowest BCUT2D eigenvalue weighted by atomic mass is 9.89. The molecule has 0 saturated heterocycles. The fourth-order valence-electron chi connectivity index (χ4n) is 2.81. The predicted molar refractivity (Wildman–Crippen MR) is 77.1 cm³/mol. The molecule has 0 spiro atoms. The first kappa shape index (κ1) is 14.4. The van der Waals surface area contributed by atoms with E-state index in [1.165, 1.54) is 25.7 Å². The van der Waals surface area contributed by atoms with E-state index in [-0.39, 0.29) is 0 Å². The summed E-state index contributed by atoms with van der Waals surface area (Å²) in [5.74, 6) is 1.68. The van der Waals surface area contributed by atoms with E-state index in [1.807, 2.05) is 12.1 Å². The maximum Gasteiger partial charge on any atom is 0.124 e. The van der Waals surface area contributed by atoms with Crippen LogP contribution in [0.15, 0.2) is 18.2 Å². The first-order chi connectivity index (χ1) is 9.22. The molecule has 0 bridgehead atoms. The average molecular weight is 263 g/mol. The number of rotatable bonds is 5. The molecular weight excluding hydrogens is 238 g/mol. The van der Waals surface area contributed by atoms with Gasteiger partial charge in [-0.3, -0.25) is 0 Å². The lowest BCUT2D eigenvalue weighted by Crippen LogP contribution is -2.21. The van der Waals surface area contributed by atoms with Gasteiger partial charge in [-0.15, -0.1) is 0 Å². The van der Waals surface area contributed by atoms with Crippen LogP contribution in [0.5, 0.6) is 5.75 Å². The highest BCUT2D eigenvalue weighted by molar-refractivity contribution is 5.36. The molecule has 0 radical (unpaired) electrons. The fourth-order valence-corrected chi connectivity index (χ4v) is 2.81. The van der Waals surface area contributed by atoms with Gasteiger partial charge in [-0.1, -0.05) is 25.8 Å². The monoisotopic (exact) mass is 263 g/mol. The van der Waals surface area contributed by atoms with Crippen molar-refractivity contribution in [1.82, 2.24) is 0 Å². The van der Waals surface area contributed by atoms with Gasteiger partial charge in [-0.2, -0.15) is 0 Å². The van der Waals surface area contributed by atoms with Crippen molar-refractivity contribution < 1.29 is 9.47 Å². The Morgan fingerprint density at radius 2 is 2.16 bits per heavy atom. The highest BCUT2D eigenvalue weighted by Gasteiger charge is 2.19. The Kier molecular flexibility index (Phi) is 5.23. The third kappa shape index (κ3) is 3.95. The first-order valence-corrected chi connectivity index (χ1v) is 7.20. The molecule has 0 heterocycles. The second-order valence-electron chi connectivity index (χ2n) is 5.56. The molecule has 2 N–H and O–H groups in total. The molecule has 3 nitrogen and oxygen atoms in total. The molecule has 1 aliphatic rings. The maximum atomic E-state index is 6.06. The lowest BCUT2D eigenvalue weighted by Gasteiger charge is -2.27. The summed E-state index contributed by atoms with van der Waals surface area (Å²) in [6.45, 7) is 3.48. The largest absolute Gasteiger partial charge is 0.496 e. The lowest BCUT2D eigenvalue weighted by molar-refractivity contribution is 0.00393. The Hall–Kier alpha value is -1.06. The molecule has 0 aliphatic heterocycles. The number of benzene rings is 1. The molecule has 1 fully saturated rings. The molecule has 2 atom stereocenters. The van der Waals surface area contributed by atoms with E-state index in [2.05, 4.69) is 13.0 Å². The Bertz CT molecular complexity index is 406. The molecule has 2 unspecified atom stereocenters. The van der Waals surface area contributed by atoms with Crippen molar-refractivity contribution in [2.45, 2.75) is 51.9 Å². The standard InChI is InChI=1S/C16H25NO2/c1-12-4-3-5-15(8-12)19-11-14-9-13(10-17)6-7-16(14)18-2/h6-7,9,12,15H,3-5,8,10-11,17H2,1-2H3. The third-order valence-electron chi connectivity index (χ3n) is 3.94. The Morgan fingerprint density at radius 1 is 1.32 bits per heavy atom. The van der Waals surface area contributed by atoms with Crippen LogP contribution in [0.4, 0.5) is 0 Å². The van der Waals surface area contributed by atoms with Gasteiger partial charge in [0.1, 0.15) is 5.75 Å². The Balaban J connectivity index is 1.97. The van der Waals surface area contributed by atoms with Crippen molar-refractivity contribution in [3.8, 4) is 5.75 Å². The van der Waals surface area contributed by atoms with Crippen LogP contribution < -0.4 is 10.5 Å². The van der Waals surface area contributed by atoms with Gasteiger partial charge in [0, 0.05) is 12.1 Å². The van der Waals surface area contributed by atoms with Crippen LogP contribution in [0.25, 0.3) is 0 Å². The van der Waals surface area contributed by atoms with Crippen LogP contribution in [-0.2, 0) is 17.9 Å². The second kappa shape index (κ2) is 6.92. The van der Waals surface area contributed by atoms with Crippen molar-refractivity contribution in [2.75, 3.05) is 7.11 Å². The minimum atomic E-state index is 0.398. The van der Waals surface area contributed by atoms with E-state index < -0.39 is 0 Å². The van der Waals surface area contributed by atoms with Crippen LogP contribution in [0, 0.1) is 5.92 Å². The summed E-state index contributed by atoms with van der Waals surface area (Å²) in [5, 5.41) is 0. The molecule has 1 aromatic carbocycles. The fraction of sp³-hybridized carbons (Fsp3) is 0.625. The highest BCUT2D eigenvalue weighted by atomic mass is 16.5. The van der Waals surface area contributed by atoms with Gasteiger partial charge in [0.05, 0.1) is 19.8 Å². The summed E-state index contributed by atoms with van der Waals surface area (Å²) in [5.41, 5.74) is 7.91. The zero-order valence-electron chi connectivity index (χ0n) is 12.0. The van der Waals surface area contributed by atoms with Gasteiger partial charge in [0.15, 0.2) is 0 Å². The second-order valence-corrected chi connectivity index (χ2v) is 5.56. The molecule has 3 heteroatoms. The number of ether oxygens (including phenoxy) is 2.